The second-order valence-electron chi connectivity index (χ2n) is 3.20. The number of methoxy groups -OCH3 is 1. The van der Waals surface area contributed by atoms with Gasteiger partial charge in [0.25, 0.3) is 0 Å². The van der Waals surface area contributed by atoms with Gasteiger partial charge in [0, 0.05) is 0 Å². The molecular weight excluding hydrogens is 208 g/mol. The van der Waals surface area contributed by atoms with Gasteiger partial charge in [-0.1, -0.05) is 0 Å². The molecule has 16 heavy (non-hydrogen) atoms. The fourth-order valence-corrected chi connectivity index (χ4v) is 1.39. The van der Waals surface area contributed by atoms with Crippen molar-refractivity contribution in [2.45, 2.75) is 6.92 Å². The first kappa shape index (κ1) is 10.3. The molecule has 0 N–H and O–H groups in total. The van der Waals surface area contributed by atoms with E-state index in [1.54, 1.807) is 18.2 Å². The van der Waals surface area contributed by atoms with E-state index in [-0.39, 0.29) is 5.78 Å². The topological polar surface area (TPSA) is 69.9 Å². The van der Waals surface area contributed by atoms with Crippen LogP contribution in [0.2, 0.25) is 0 Å². The Hall–Kier alpha value is -2.24. The van der Waals surface area contributed by atoms with Gasteiger partial charge in [-0.2, -0.15) is 0 Å². The van der Waals surface area contributed by atoms with E-state index < -0.39 is 0 Å². The maximum atomic E-state index is 11.4. The molecule has 1 aromatic carbocycles. The Kier molecular flexibility index (Phi) is 2.63. The molecule has 0 spiro atoms. The van der Waals surface area contributed by atoms with Crippen molar-refractivity contribution in [3.05, 3.63) is 30.1 Å². The number of ketones is 1. The third-order valence-corrected chi connectivity index (χ3v) is 2.18. The molecular formula is C10H10N4O2. The van der Waals surface area contributed by atoms with Crippen LogP contribution in [0.25, 0.3) is 5.69 Å². The van der Waals surface area contributed by atoms with Crippen molar-refractivity contribution in [1.82, 2.24) is 20.2 Å². The van der Waals surface area contributed by atoms with Crippen molar-refractivity contribution >= 4 is 5.78 Å². The van der Waals surface area contributed by atoms with E-state index in [1.165, 1.54) is 25.0 Å². The van der Waals surface area contributed by atoms with Crippen LogP contribution in [0.3, 0.4) is 0 Å². The van der Waals surface area contributed by atoms with Crippen LogP contribution in [-0.4, -0.2) is 33.1 Å². The minimum atomic E-state index is -0.0632. The second-order valence-corrected chi connectivity index (χ2v) is 3.20. The summed E-state index contributed by atoms with van der Waals surface area (Å²) in [5.41, 5.74) is 1.23. The Morgan fingerprint density at radius 1 is 1.44 bits per heavy atom. The molecule has 2 aromatic rings. The predicted molar refractivity (Wildman–Crippen MR) is 55.7 cm³/mol. The molecule has 0 aliphatic carbocycles. The van der Waals surface area contributed by atoms with E-state index in [0.29, 0.717) is 11.3 Å². The van der Waals surface area contributed by atoms with Gasteiger partial charge >= 0.3 is 0 Å². The highest BCUT2D eigenvalue weighted by Gasteiger charge is 2.10. The summed E-state index contributed by atoms with van der Waals surface area (Å²) in [6.45, 7) is 1.49. The van der Waals surface area contributed by atoms with Crippen molar-refractivity contribution < 1.29 is 9.53 Å². The van der Waals surface area contributed by atoms with Crippen LogP contribution < -0.4 is 4.74 Å². The van der Waals surface area contributed by atoms with Crippen molar-refractivity contribution in [2.75, 3.05) is 7.11 Å². The van der Waals surface area contributed by atoms with Gasteiger partial charge in [-0.25, -0.2) is 4.68 Å². The molecule has 1 aromatic heterocycles. The van der Waals surface area contributed by atoms with Gasteiger partial charge in [-0.15, -0.1) is 5.10 Å². The van der Waals surface area contributed by atoms with Gasteiger partial charge in [0.15, 0.2) is 5.78 Å². The van der Waals surface area contributed by atoms with Gasteiger partial charge < -0.3 is 4.74 Å². The van der Waals surface area contributed by atoms with Gasteiger partial charge in [-0.3, -0.25) is 4.79 Å². The Morgan fingerprint density at radius 2 is 2.25 bits per heavy atom. The van der Waals surface area contributed by atoms with E-state index in [9.17, 15) is 4.79 Å². The molecule has 0 saturated carbocycles. The molecule has 2 rings (SSSR count). The van der Waals surface area contributed by atoms with Crippen LogP contribution in [-0.2, 0) is 0 Å². The van der Waals surface area contributed by atoms with Gasteiger partial charge in [0.2, 0.25) is 0 Å². The Morgan fingerprint density at radius 3 is 2.81 bits per heavy atom. The first-order valence-corrected chi connectivity index (χ1v) is 4.64. The third kappa shape index (κ3) is 1.77. The predicted octanol–water partition coefficient (Wildman–Crippen LogP) is 0.873. The van der Waals surface area contributed by atoms with E-state index in [0.717, 1.165) is 5.69 Å². The largest absolute Gasteiger partial charge is 0.496 e. The number of ether oxygens (including phenoxy) is 1. The molecule has 0 radical (unpaired) electrons. The minimum absolute atomic E-state index is 0.0632. The molecule has 0 saturated heterocycles. The zero-order valence-corrected chi connectivity index (χ0v) is 8.91. The van der Waals surface area contributed by atoms with Crippen LogP contribution in [0.5, 0.6) is 5.75 Å². The zero-order chi connectivity index (χ0) is 11.5. The number of carbonyl (C=O) groups excluding carboxylic acids is 1. The highest BCUT2D eigenvalue weighted by molar-refractivity contribution is 5.97. The molecule has 0 aliphatic heterocycles. The number of hydrogen-bond acceptors (Lipinski definition) is 5. The Balaban J connectivity index is 2.51. The van der Waals surface area contributed by atoms with E-state index in [2.05, 4.69) is 15.5 Å². The lowest BCUT2D eigenvalue weighted by molar-refractivity contribution is 0.101. The van der Waals surface area contributed by atoms with Crippen molar-refractivity contribution in [3.63, 3.8) is 0 Å². The minimum Gasteiger partial charge on any atom is -0.496 e. The third-order valence-electron chi connectivity index (χ3n) is 2.18. The van der Waals surface area contributed by atoms with Gasteiger partial charge in [-0.05, 0) is 35.5 Å². The molecule has 0 bridgehead atoms. The number of tetrazole rings is 1. The van der Waals surface area contributed by atoms with E-state index in [1.807, 2.05) is 0 Å². The van der Waals surface area contributed by atoms with Crippen LogP contribution >= 0.6 is 0 Å². The van der Waals surface area contributed by atoms with Crippen LogP contribution in [0.4, 0.5) is 0 Å². The smallest absolute Gasteiger partial charge is 0.163 e. The molecule has 0 aliphatic rings. The average Bonchev–Trinajstić information content (AvgIpc) is 2.81. The fourth-order valence-electron chi connectivity index (χ4n) is 1.39. The number of rotatable bonds is 3. The molecule has 6 nitrogen and oxygen atoms in total. The molecule has 0 fully saturated rings. The van der Waals surface area contributed by atoms with Gasteiger partial charge in [0.05, 0.1) is 18.4 Å². The molecule has 6 heteroatoms. The van der Waals surface area contributed by atoms with E-state index in [4.69, 9.17) is 4.74 Å². The summed E-state index contributed by atoms with van der Waals surface area (Å²) in [5.74, 6) is 0.482. The first-order valence-electron chi connectivity index (χ1n) is 4.64. The Bertz CT molecular complexity index is 508. The summed E-state index contributed by atoms with van der Waals surface area (Å²) in [7, 11) is 1.53. The van der Waals surface area contributed by atoms with Crippen molar-refractivity contribution in [2.24, 2.45) is 0 Å². The van der Waals surface area contributed by atoms with Crippen molar-refractivity contribution in [1.29, 1.82) is 0 Å². The summed E-state index contributed by atoms with van der Waals surface area (Å²) < 4.78 is 6.58. The second kappa shape index (κ2) is 4.09. The number of benzene rings is 1. The van der Waals surface area contributed by atoms with Crippen molar-refractivity contribution in [3.8, 4) is 11.4 Å². The molecule has 0 unspecified atom stereocenters. The van der Waals surface area contributed by atoms with Gasteiger partial charge in [0.1, 0.15) is 12.1 Å². The SMILES string of the molecule is COc1ccc(-n2cnnn2)cc1C(C)=O. The Labute approximate surface area is 91.8 Å². The lowest BCUT2D eigenvalue weighted by atomic mass is 10.1. The highest BCUT2D eigenvalue weighted by atomic mass is 16.5. The summed E-state index contributed by atoms with van der Waals surface area (Å²) >= 11 is 0. The quantitative estimate of drug-likeness (QED) is 0.715. The highest BCUT2D eigenvalue weighted by Crippen LogP contribution is 2.21. The average molecular weight is 218 g/mol. The maximum Gasteiger partial charge on any atom is 0.163 e. The van der Waals surface area contributed by atoms with E-state index >= 15 is 0 Å². The molecule has 1 heterocycles. The lowest BCUT2D eigenvalue weighted by Gasteiger charge is -2.07. The fraction of sp³-hybridized carbons (Fsp3) is 0.200. The standard InChI is InChI=1S/C10H10N4O2/c1-7(15)9-5-8(3-4-10(9)16-2)14-6-11-12-13-14/h3-6H,1-2H3. The number of carbonyl (C=O) groups is 1. The number of Topliss-reactive ketones (excluding diaryl/α,β-unsaturated/α-hetero) is 1. The monoisotopic (exact) mass is 218 g/mol. The summed E-state index contributed by atoms with van der Waals surface area (Å²) in [5, 5.41) is 10.8. The molecule has 0 atom stereocenters. The summed E-state index contributed by atoms with van der Waals surface area (Å²) in [4.78, 5) is 11.4. The molecule has 82 valence electrons. The van der Waals surface area contributed by atoms with Crippen LogP contribution in [0.15, 0.2) is 24.5 Å². The number of hydrogen-bond donors (Lipinski definition) is 0. The zero-order valence-electron chi connectivity index (χ0n) is 8.91. The van der Waals surface area contributed by atoms with Crippen LogP contribution in [0.1, 0.15) is 17.3 Å². The summed E-state index contributed by atoms with van der Waals surface area (Å²) in [6, 6.07) is 5.19. The number of nitrogens with zero attached hydrogens (tertiary/aromatic N) is 4. The lowest BCUT2D eigenvalue weighted by Crippen LogP contribution is -2.01. The first-order chi connectivity index (χ1) is 7.72. The molecule has 0 amide bonds. The van der Waals surface area contributed by atoms with Crippen LogP contribution in [0, 0.1) is 0 Å². The number of aromatic nitrogens is 4. The summed E-state index contributed by atoms with van der Waals surface area (Å²) in [6.07, 6.45) is 1.46. The maximum absolute atomic E-state index is 11.4. The normalized spacial score (nSPS) is 10.1.